The number of halogens is 1. The Morgan fingerprint density at radius 3 is 2.65 bits per heavy atom. The molecule has 1 fully saturated rings. The average Bonchev–Trinajstić information content (AvgIpc) is 2.40. The van der Waals surface area contributed by atoms with Crippen molar-refractivity contribution in [1.82, 2.24) is 5.32 Å². The van der Waals surface area contributed by atoms with Gasteiger partial charge in [-0.1, -0.05) is 0 Å². The zero-order valence-electron chi connectivity index (χ0n) is 10.7. The van der Waals surface area contributed by atoms with Crippen LogP contribution in [0.5, 0.6) is 0 Å². The van der Waals surface area contributed by atoms with E-state index in [1.165, 1.54) is 35.4 Å². The van der Waals surface area contributed by atoms with Crippen LogP contribution in [0.2, 0.25) is 0 Å². The maximum Gasteiger partial charge on any atom is 0.251 e. The molecule has 0 radical (unpaired) electrons. The van der Waals surface area contributed by atoms with E-state index in [4.69, 9.17) is 12.2 Å². The molecule has 20 heavy (non-hydrogen) atoms. The van der Waals surface area contributed by atoms with Gasteiger partial charge in [0, 0.05) is 12.8 Å². The number of anilines is 1. The first-order valence-electron chi connectivity index (χ1n) is 5.99. The molecule has 0 aliphatic carbocycles. The summed E-state index contributed by atoms with van der Waals surface area (Å²) >= 11 is 5.00. The van der Waals surface area contributed by atoms with Crippen LogP contribution in [0.1, 0.15) is 6.92 Å². The summed E-state index contributed by atoms with van der Waals surface area (Å²) in [6.07, 6.45) is 1.30. The Morgan fingerprint density at radius 1 is 1.40 bits per heavy atom. The molecule has 5 nitrogen and oxygen atoms in total. The van der Waals surface area contributed by atoms with Crippen LogP contribution in [0.15, 0.2) is 29.3 Å². The number of carbonyl (C=O) groups is 2. The molecule has 1 saturated heterocycles. The van der Waals surface area contributed by atoms with Crippen molar-refractivity contribution >= 4 is 41.0 Å². The molecule has 0 aromatic heterocycles. The third-order valence-electron chi connectivity index (χ3n) is 2.72. The number of rotatable bonds is 3. The highest BCUT2D eigenvalue weighted by molar-refractivity contribution is 7.80. The summed E-state index contributed by atoms with van der Waals surface area (Å²) in [6, 6.07) is 5.28. The van der Waals surface area contributed by atoms with Gasteiger partial charge in [0.05, 0.1) is 5.69 Å². The first-order valence-corrected chi connectivity index (χ1v) is 6.39. The van der Waals surface area contributed by atoms with Crippen molar-refractivity contribution < 1.29 is 14.0 Å². The summed E-state index contributed by atoms with van der Waals surface area (Å²) in [5.74, 6) is -2.44. The van der Waals surface area contributed by atoms with Crippen molar-refractivity contribution in [2.24, 2.45) is 10.9 Å². The van der Waals surface area contributed by atoms with E-state index in [9.17, 15) is 14.0 Å². The molecule has 1 aliphatic rings. The molecular formula is C13H12FN3O2S. The molecule has 0 bridgehead atoms. The highest BCUT2D eigenvalue weighted by Crippen LogP contribution is 2.20. The second kappa shape index (κ2) is 5.87. The van der Waals surface area contributed by atoms with Crippen LogP contribution in [-0.4, -0.2) is 29.7 Å². The molecule has 1 heterocycles. The minimum Gasteiger partial charge on any atom is -0.301 e. The van der Waals surface area contributed by atoms with Gasteiger partial charge in [-0.3, -0.25) is 19.5 Å². The van der Waals surface area contributed by atoms with E-state index in [-0.39, 0.29) is 5.11 Å². The number of aliphatic imine (C=N–C) groups is 1. The lowest BCUT2D eigenvalue weighted by atomic mass is 10.1. The Morgan fingerprint density at radius 2 is 2.05 bits per heavy atom. The normalized spacial score (nSPS) is 19.6. The summed E-state index contributed by atoms with van der Waals surface area (Å²) in [5, 5.41) is 2.42. The fraction of sp³-hybridized carbons (Fsp3) is 0.231. The maximum atomic E-state index is 12.9. The second-order valence-electron chi connectivity index (χ2n) is 4.07. The highest BCUT2D eigenvalue weighted by Gasteiger charge is 2.38. The number of hydrogen-bond acceptors (Lipinski definition) is 4. The number of hydrogen-bond donors (Lipinski definition) is 1. The van der Waals surface area contributed by atoms with Crippen LogP contribution in [-0.2, 0) is 9.59 Å². The number of benzene rings is 1. The van der Waals surface area contributed by atoms with Crippen LogP contribution >= 0.6 is 12.2 Å². The first-order chi connectivity index (χ1) is 9.54. The highest BCUT2D eigenvalue weighted by atomic mass is 32.1. The van der Waals surface area contributed by atoms with Crippen molar-refractivity contribution in [3.8, 4) is 0 Å². The van der Waals surface area contributed by atoms with Gasteiger partial charge in [-0.05, 0) is 43.4 Å². The summed E-state index contributed by atoms with van der Waals surface area (Å²) in [7, 11) is 0. The van der Waals surface area contributed by atoms with Gasteiger partial charge < -0.3 is 5.32 Å². The summed E-state index contributed by atoms with van der Waals surface area (Å²) < 4.78 is 12.9. The maximum absolute atomic E-state index is 12.9. The van der Waals surface area contributed by atoms with Crippen molar-refractivity contribution in [2.45, 2.75) is 6.92 Å². The molecule has 1 atom stereocenters. The molecule has 2 amide bonds. The van der Waals surface area contributed by atoms with E-state index in [1.54, 1.807) is 6.92 Å². The molecule has 1 aromatic rings. The van der Waals surface area contributed by atoms with Crippen LogP contribution < -0.4 is 10.2 Å². The van der Waals surface area contributed by atoms with E-state index in [1.807, 2.05) is 0 Å². The number of amides is 2. The monoisotopic (exact) mass is 293 g/mol. The minimum absolute atomic E-state index is 0.0206. The summed E-state index contributed by atoms with van der Waals surface area (Å²) in [5.41, 5.74) is 0.399. The smallest absolute Gasteiger partial charge is 0.251 e. The Labute approximate surface area is 120 Å². The first kappa shape index (κ1) is 14.3. The number of nitrogens with one attached hydrogen (secondary N) is 1. The number of nitrogens with zero attached hydrogens (tertiary/aromatic N) is 2. The standard InChI is InChI=1S/C13H12FN3O2S/c1-2-15-7-10-11(18)16-13(20)17(12(10)19)9-5-3-8(14)4-6-9/h3-7,10H,2H2,1H3,(H,16,18,20). The lowest BCUT2D eigenvalue weighted by Gasteiger charge is -2.30. The molecule has 0 saturated carbocycles. The largest absolute Gasteiger partial charge is 0.301 e. The molecule has 2 rings (SSSR count). The quantitative estimate of drug-likeness (QED) is 0.519. The van der Waals surface area contributed by atoms with E-state index in [0.29, 0.717) is 12.2 Å². The van der Waals surface area contributed by atoms with Gasteiger partial charge in [0.2, 0.25) is 5.91 Å². The second-order valence-corrected chi connectivity index (χ2v) is 4.46. The molecule has 7 heteroatoms. The van der Waals surface area contributed by atoms with Crippen molar-refractivity contribution in [1.29, 1.82) is 0 Å². The minimum atomic E-state index is -1.02. The van der Waals surface area contributed by atoms with Crippen LogP contribution in [0.3, 0.4) is 0 Å². The van der Waals surface area contributed by atoms with Gasteiger partial charge >= 0.3 is 0 Å². The molecule has 1 aromatic carbocycles. The van der Waals surface area contributed by atoms with Crippen molar-refractivity contribution in [2.75, 3.05) is 11.4 Å². The topological polar surface area (TPSA) is 61.8 Å². The molecule has 0 spiro atoms. The van der Waals surface area contributed by atoms with Crippen molar-refractivity contribution in [3.05, 3.63) is 30.1 Å². The Hall–Kier alpha value is -2.15. The Kier molecular flexibility index (Phi) is 4.19. The van der Waals surface area contributed by atoms with E-state index in [0.717, 1.165) is 0 Å². The lowest BCUT2D eigenvalue weighted by molar-refractivity contribution is -0.130. The predicted molar refractivity (Wildman–Crippen MR) is 77.1 cm³/mol. The van der Waals surface area contributed by atoms with E-state index in [2.05, 4.69) is 10.3 Å². The average molecular weight is 293 g/mol. The van der Waals surface area contributed by atoms with Crippen LogP contribution in [0, 0.1) is 11.7 Å². The molecule has 1 unspecified atom stereocenters. The van der Waals surface area contributed by atoms with Gasteiger partial charge in [0.15, 0.2) is 11.0 Å². The van der Waals surface area contributed by atoms with Crippen LogP contribution in [0.4, 0.5) is 10.1 Å². The Bertz CT molecular complexity index is 586. The fourth-order valence-corrected chi connectivity index (χ4v) is 2.06. The molecule has 104 valence electrons. The Balaban J connectivity index is 2.34. The summed E-state index contributed by atoms with van der Waals surface area (Å²) in [4.78, 5) is 29.2. The fourth-order valence-electron chi connectivity index (χ4n) is 1.77. The third kappa shape index (κ3) is 2.72. The summed E-state index contributed by atoms with van der Waals surface area (Å²) in [6.45, 7) is 2.27. The van der Waals surface area contributed by atoms with Gasteiger partial charge in [0.25, 0.3) is 5.91 Å². The number of carbonyl (C=O) groups excluding carboxylic acids is 2. The SMILES string of the molecule is CCN=CC1C(=O)NC(=S)N(c2ccc(F)cc2)C1=O. The predicted octanol–water partition coefficient (Wildman–Crippen LogP) is 1.28. The van der Waals surface area contributed by atoms with E-state index >= 15 is 0 Å². The van der Waals surface area contributed by atoms with Gasteiger partial charge in [-0.15, -0.1) is 0 Å². The lowest BCUT2D eigenvalue weighted by Crippen LogP contribution is -2.58. The number of thiocarbonyl (C=S) groups is 1. The molecule has 1 N–H and O–H groups in total. The zero-order chi connectivity index (χ0) is 14.7. The van der Waals surface area contributed by atoms with Crippen LogP contribution in [0.25, 0.3) is 0 Å². The van der Waals surface area contributed by atoms with Gasteiger partial charge in [-0.2, -0.15) is 0 Å². The van der Waals surface area contributed by atoms with Crippen molar-refractivity contribution in [3.63, 3.8) is 0 Å². The van der Waals surface area contributed by atoms with Gasteiger partial charge in [-0.25, -0.2) is 4.39 Å². The zero-order valence-corrected chi connectivity index (χ0v) is 11.5. The van der Waals surface area contributed by atoms with E-state index < -0.39 is 23.5 Å². The molecule has 1 aliphatic heterocycles. The van der Waals surface area contributed by atoms with Gasteiger partial charge in [0.1, 0.15) is 5.82 Å². The third-order valence-corrected chi connectivity index (χ3v) is 3.01. The molecular weight excluding hydrogens is 281 g/mol.